The monoisotopic (exact) mass is 275 g/mol. The zero-order valence-electron chi connectivity index (χ0n) is 8.43. The van der Waals surface area contributed by atoms with Gasteiger partial charge < -0.3 is 4.52 Å². The van der Waals surface area contributed by atoms with E-state index in [4.69, 9.17) is 39.3 Å². The maximum atomic E-state index is 6.09. The van der Waals surface area contributed by atoms with Crippen molar-refractivity contribution in [3.63, 3.8) is 0 Å². The number of alkyl halides is 1. The summed E-state index contributed by atoms with van der Waals surface area (Å²) in [6, 6.07) is 5.29. The van der Waals surface area contributed by atoms with E-state index in [0.29, 0.717) is 32.9 Å². The van der Waals surface area contributed by atoms with Gasteiger partial charge >= 0.3 is 0 Å². The maximum Gasteiger partial charge on any atom is 0.138 e. The summed E-state index contributed by atoms with van der Waals surface area (Å²) in [5.41, 5.74) is 2.10. The van der Waals surface area contributed by atoms with Crippen LogP contribution < -0.4 is 0 Å². The molecule has 84 valence electrons. The van der Waals surface area contributed by atoms with Crippen LogP contribution >= 0.6 is 34.8 Å². The van der Waals surface area contributed by atoms with Crippen molar-refractivity contribution in [2.75, 3.05) is 0 Å². The third kappa shape index (κ3) is 1.93. The van der Waals surface area contributed by atoms with E-state index in [9.17, 15) is 0 Å². The topological polar surface area (TPSA) is 26.0 Å². The van der Waals surface area contributed by atoms with Crippen molar-refractivity contribution in [3.8, 4) is 11.3 Å². The van der Waals surface area contributed by atoms with Gasteiger partial charge in [0.05, 0.1) is 15.9 Å². The molecule has 0 atom stereocenters. The van der Waals surface area contributed by atoms with Gasteiger partial charge in [0.2, 0.25) is 0 Å². The molecule has 0 aliphatic carbocycles. The maximum absolute atomic E-state index is 6.09. The lowest BCUT2D eigenvalue weighted by atomic mass is 10.1. The van der Waals surface area contributed by atoms with Crippen LogP contribution in [0.3, 0.4) is 0 Å². The quantitative estimate of drug-likeness (QED) is 0.743. The average molecular weight is 277 g/mol. The van der Waals surface area contributed by atoms with E-state index in [-0.39, 0.29) is 0 Å². The lowest BCUT2D eigenvalue weighted by molar-refractivity contribution is 0.398. The van der Waals surface area contributed by atoms with Crippen molar-refractivity contribution in [2.45, 2.75) is 12.8 Å². The number of nitrogens with zero attached hydrogens (tertiary/aromatic N) is 1. The highest BCUT2D eigenvalue weighted by Gasteiger charge is 2.18. The van der Waals surface area contributed by atoms with Crippen LogP contribution in [0, 0.1) is 6.92 Å². The lowest BCUT2D eigenvalue weighted by Gasteiger charge is -2.04. The van der Waals surface area contributed by atoms with Crippen LogP contribution in [0.4, 0.5) is 0 Å². The lowest BCUT2D eigenvalue weighted by Crippen LogP contribution is -1.87. The Hall–Kier alpha value is -0.700. The highest BCUT2D eigenvalue weighted by atomic mass is 35.5. The Labute approximate surface area is 108 Å². The van der Waals surface area contributed by atoms with Crippen LogP contribution in [0.2, 0.25) is 10.0 Å². The van der Waals surface area contributed by atoms with Crippen molar-refractivity contribution in [3.05, 3.63) is 39.6 Å². The Morgan fingerprint density at radius 2 is 1.88 bits per heavy atom. The first kappa shape index (κ1) is 11.8. The van der Waals surface area contributed by atoms with Gasteiger partial charge in [-0.1, -0.05) is 34.4 Å². The Morgan fingerprint density at radius 3 is 2.44 bits per heavy atom. The Bertz CT molecular complexity index is 502. The molecule has 2 nitrogen and oxygen atoms in total. The molecule has 0 aliphatic rings. The third-order valence-corrected chi connectivity index (χ3v) is 3.22. The van der Waals surface area contributed by atoms with Gasteiger partial charge in [-0.3, -0.25) is 0 Å². The van der Waals surface area contributed by atoms with Gasteiger partial charge in [0.15, 0.2) is 0 Å². The van der Waals surface area contributed by atoms with Crippen LogP contribution in [-0.2, 0) is 5.88 Å². The van der Waals surface area contributed by atoms with Crippen LogP contribution in [0.25, 0.3) is 11.3 Å². The molecule has 0 aliphatic heterocycles. The van der Waals surface area contributed by atoms with E-state index >= 15 is 0 Å². The van der Waals surface area contributed by atoms with Crippen molar-refractivity contribution in [1.82, 2.24) is 5.16 Å². The Morgan fingerprint density at radius 1 is 1.25 bits per heavy atom. The molecule has 0 radical (unpaired) electrons. The van der Waals surface area contributed by atoms with Gasteiger partial charge in [0.25, 0.3) is 0 Å². The standard InChI is InChI=1S/C11H8Cl3NO/c1-6-7(5-12)11(15-16-6)10-8(13)3-2-4-9(10)14/h2-4H,5H2,1H3. The SMILES string of the molecule is Cc1onc(-c2c(Cl)cccc2Cl)c1CCl. The zero-order chi connectivity index (χ0) is 11.7. The van der Waals surface area contributed by atoms with Crippen LogP contribution in [0.15, 0.2) is 22.7 Å². The fourth-order valence-corrected chi connectivity index (χ4v) is 2.36. The molecule has 0 N–H and O–H groups in total. The molecule has 1 aromatic heterocycles. The number of aryl methyl sites for hydroxylation is 1. The van der Waals surface area contributed by atoms with Gasteiger partial charge in [-0.25, -0.2) is 0 Å². The van der Waals surface area contributed by atoms with Crippen molar-refractivity contribution in [1.29, 1.82) is 0 Å². The summed E-state index contributed by atoms with van der Waals surface area (Å²) in [5.74, 6) is 0.993. The minimum atomic E-state index is 0.312. The summed E-state index contributed by atoms with van der Waals surface area (Å²) in [7, 11) is 0. The second-order valence-electron chi connectivity index (χ2n) is 3.30. The molecule has 0 unspecified atom stereocenters. The Balaban J connectivity index is 2.67. The molecule has 0 saturated carbocycles. The summed E-state index contributed by atoms with van der Waals surface area (Å²) in [6.45, 7) is 1.80. The summed E-state index contributed by atoms with van der Waals surface area (Å²) in [6.07, 6.45) is 0. The largest absolute Gasteiger partial charge is 0.361 e. The fourth-order valence-electron chi connectivity index (χ4n) is 1.47. The molecule has 1 heterocycles. The molecule has 0 amide bonds. The molecule has 16 heavy (non-hydrogen) atoms. The molecule has 0 spiro atoms. The second-order valence-corrected chi connectivity index (χ2v) is 4.38. The predicted molar refractivity (Wildman–Crippen MR) is 66.3 cm³/mol. The molecule has 1 aromatic carbocycles. The van der Waals surface area contributed by atoms with Crippen molar-refractivity contribution in [2.24, 2.45) is 0 Å². The third-order valence-electron chi connectivity index (χ3n) is 2.32. The number of rotatable bonds is 2. The first-order valence-corrected chi connectivity index (χ1v) is 5.89. The van der Waals surface area contributed by atoms with Crippen LogP contribution in [0.1, 0.15) is 11.3 Å². The second kappa shape index (κ2) is 4.66. The molecule has 0 bridgehead atoms. The van der Waals surface area contributed by atoms with E-state index in [1.54, 1.807) is 25.1 Å². The van der Waals surface area contributed by atoms with E-state index < -0.39 is 0 Å². The fraction of sp³-hybridized carbons (Fsp3) is 0.182. The molecule has 0 fully saturated rings. The van der Waals surface area contributed by atoms with E-state index in [1.807, 2.05) is 0 Å². The smallest absolute Gasteiger partial charge is 0.138 e. The van der Waals surface area contributed by atoms with Gasteiger partial charge in [0, 0.05) is 11.1 Å². The zero-order valence-corrected chi connectivity index (χ0v) is 10.7. The van der Waals surface area contributed by atoms with Crippen LogP contribution in [0.5, 0.6) is 0 Å². The predicted octanol–water partition coefficient (Wildman–Crippen LogP) is 4.70. The minimum Gasteiger partial charge on any atom is -0.361 e. The molecule has 2 rings (SSSR count). The van der Waals surface area contributed by atoms with Crippen molar-refractivity contribution >= 4 is 34.8 Å². The molecular formula is C11H8Cl3NO. The van der Waals surface area contributed by atoms with Crippen molar-refractivity contribution < 1.29 is 4.52 Å². The molecule has 2 aromatic rings. The molecule has 0 saturated heterocycles. The Kier molecular flexibility index (Phi) is 3.43. The number of hydrogen-bond donors (Lipinski definition) is 0. The van der Waals surface area contributed by atoms with E-state index in [2.05, 4.69) is 5.16 Å². The van der Waals surface area contributed by atoms with Gasteiger partial charge in [0.1, 0.15) is 11.5 Å². The average Bonchev–Trinajstić information content (AvgIpc) is 2.59. The first-order chi connectivity index (χ1) is 7.65. The van der Waals surface area contributed by atoms with Crippen LogP contribution in [-0.4, -0.2) is 5.16 Å². The summed E-state index contributed by atoms with van der Waals surface area (Å²) in [5, 5.41) is 5.02. The number of aromatic nitrogens is 1. The van der Waals surface area contributed by atoms with Gasteiger partial charge in [-0.15, -0.1) is 11.6 Å². The number of hydrogen-bond acceptors (Lipinski definition) is 2. The van der Waals surface area contributed by atoms with E-state index in [0.717, 1.165) is 5.56 Å². The summed E-state index contributed by atoms with van der Waals surface area (Å²) >= 11 is 18.0. The van der Waals surface area contributed by atoms with Gasteiger partial charge in [-0.05, 0) is 19.1 Å². The normalized spacial score (nSPS) is 10.8. The first-order valence-electron chi connectivity index (χ1n) is 4.60. The molecular weight excluding hydrogens is 268 g/mol. The highest BCUT2D eigenvalue weighted by Crippen LogP contribution is 2.37. The molecule has 5 heteroatoms. The number of halogens is 3. The van der Waals surface area contributed by atoms with E-state index in [1.165, 1.54) is 0 Å². The van der Waals surface area contributed by atoms with Gasteiger partial charge in [-0.2, -0.15) is 0 Å². The minimum absolute atomic E-state index is 0.312. The summed E-state index contributed by atoms with van der Waals surface area (Å²) < 4.78 is 5.10. The summed E-state index contributed by atoms with van der Waals surface area (Å²) in [4.78, 5) is 0. The highest BCUT2D eigenvalue weighted by molar-refractivity contribution is 6.39. The number of benzene rings is 1.